The number of hydrogen-bond acceptors (Lipinski definition) is 7. The number of amides is 1. The van der Waals surface area contributed by atoms with Crippen LogP contribution in [0.2, 0.25) is 0 Å². The van der Waals surface area contributed by atoms with Crippen molar-refractivity contribution in [1.29, 1.82) is 0 Å². The molecule has 1 aromatic heterocycles. The molecule has 10 heteroatoms. The first kappa shape index (κ1) is 21.5. The van der Waals surface area contributed by atoms with Gasteiger partial charge < -0.3 is 14.8 Å². The molecule has 0 radical (unpaired) electrons. The van der Waals surface area contributed by atoms with Crippen molar-refractivity contribution in [1.82, 2.24) is 9.78 Å². The number of aromatic nitrogens is 2. The molecule has 3 rings (SSSR count). The Morgan fingerprint density at radius 3 is 2.42 bits per heavy atom. The standard InChI is InChI=1S/C21H20N4O6/c1-3-30-21(27)20-18(31-13-19(26)22-15-6-4-14(2)5-7-15)12-24(23-20)16-8-10-17(11-9-16)25(28)29/h4-12H,3,13H2,1-2H3,(H,22,26). The van der Waals surface area contributed by atoms with Crippen LogP contribution in [-0.4, -0.2) is 39.8 Å². The second-order valence-corrected chi connectivity index (χ2v) is 6.48. The Hall–Kier alpha value is -4.21. The third kappa shape index (κ3) is 5.44. The number of non-ortho nitro benzene ring substituents is 1. The number of aryl methyl sites for hydroxylation is 1. The highest BCUT2D eigenvalue weighted by Gasteiger charge is 2.21. The molecule has 0 saturated carbocycles. The second kappa shape index (κ2) is 9.53. The first-order valence-corrected chi connectivity index (χ1v) is 9.38. The van der Waals surface area contributed by atoms with Gasteiger partial charge in [0.1, 0.15) is 0 Å². The van der Waals surface area contributed by atoms with E-state index >= 15 is 0 Å². The number of carbonyl (C=O) groups excluding carboxylic acids is 2. The highest BCUT2D eigenvalue weighted by atomic mass is 16.6. The van der Waals surface area contributed by atoms with E-state index in [-0.39, 0.29) is 30.3 Å². The Bertz CT molecular complexity index is 1090. The number of benzene rings is 2. The summed E-state index contributed by atoms with van der Waals surface area (Å²) in [5.41, 5.74) is 1.96. The molecule has 31 heavy (non-hydrogen) atoms. The normalized spacial score (nSPS) is 10.4. The molecule has 1 heterocycles. The Kier molecular flexibility index (Phi) is 6.61. The van der Waals surface area contributed by atoms with E-state index in [1.165, 1.54) is 35.1 Å². The van der Waals surface area contributed by atoms with Crippen molar-refractivity contribution in [3.05, 3.63) is 76.1 Å². The predicted molar refractivity (Wildman–Crippen MR) is 111 cm³/mol. The molecule has 2 aromatic carbocycles. The van der Waals surface area contributed by atoms with Crippen LogP contribution in [0.4, 0.5) is 11.4 Å². The van der Waals surface area contributed by atoms with Crippen LogP contribution in [0, 0.1) is 17.0 Å². The number of rotatable bonds is 8. The van der Waals surface area contributed by atoms with Gasteiger partial charge in [-0.25, -0.2) is 9.48 Å². The van der Waals surface area contributed by atoms with Crippen LogP contribution in [-0.2, 0) is 9.53 Å². The van der Waals surface area contributed by atoms with Crippen LogP contribution in [0.3, 0.4) is 0 Å². The zero-order chi connectivity index (χ0) is 22.4. The summed E-state index contributed by atoms with van der Waals surface area (Å²) in [4.78, 5) is 34.8. The van der Waals surface area contributed by atoms with E-state index in [0.29, 0.717) is 11.4 Å². The lowest BCUT2D eigenvalue weighted by Gasteiger charge is -2.07. The first-order chi connectivity index (χ1) is 14.9. The van der Waals surface area contributed by atoms with Gasteiger partial charge in [-0.3, -0.25) is 14.9 Å². The Labute approximate surface area is 177 Å². The van der Waals surface area contributed by atoms with Crippen molar-refractivity contribution in [3.8, 4) is 11.4 Å². The Morgan fingerprint density at radius 2 is 1.81 bits per heavy atom. The summed E-state index contributed by atoms with van der Waals surface area (Å²) in [5.74, 6) is -1.07. The van der Waals surface area contributed by atoms with E-state index in [0.717, 1.165) is 5.56 Å². The van der Waals surface area contributed by atoms with Gasteiger partial charge in [0.25, 0.3) is 11.6 Å². The fraction of sp³-hybridized carbons (Fsp3) is 0.190. The lowest BCUT2D eigenvalue weighted by molar-refractivity contribution is -0.384. The fourth-order valence-electron chi connectivity index (χ4n) is 2.64. The van der Waals surface area contributed by atoms with Crippen LogP contribution in [0.15, 0.2) is 54.7 Å². The topological polar surface area (TPSA) is 126 Å². The van der Waals surface area contributed by atoms with Crippen molar-refractivity contribution >= 4 is 23.3 Å². The number of esters is 1. The lowest BCUT2D eigenvalue weighted by atomic mass is 10.2. The zero-order valence-corrected chi connectivity index (χ0v) is 16.9. The molecule has 3 aromatic rings. The van der Waals surface area contributed by atoms with Crippen molar-refractivity contribution in [2.24, 2.45) is 0 Å². The molecule has 0 aliphatic heterocycles. The largest absolute Gasteiger partial charge is 0.480 e. The van der Waals surface area contributed by atoms with Crippen LogP contribution in [0.1, 0.15) is 23.0 Å². The summed E-state index contributed by atoms with van der Waals surface area (Å²) in [5, 5.41) is 17.7. The van der Waals surface area contributed by atoms with Gasteiger partial charge in [0.2, 0.25) is 5.69 Å². The molecule has 1 amide bonds. The van der Waals surface area contributed by atoms with Gasteiger partial charge in [-0.15, -0.1) is 0 Å². The Balaban J connectivity index is 1.77. The van der Waals surface area contributed by atoms with Crippen molar-refractivity contribution in [2.45, 2.75) is 13.8 Å². The van der Waals surface area contributed by atoms with Gasteiger partial charge in [0.15, 0.2) is 12.4 Å². The minimum Gasteiger partial charge on any atom is -0.480 e. The molecule has 10 nitrogen and oxygen atoms in total. The lowest BCUT2D eigenvalue weighted by Crippen LogP contribution is -2.20. The molecular formula is C21H20N4O6. The first-order valence-electron chi connectivity index (χ1n) is 9.38. The number of anilines is 1. The van der Waals surface area contributed by atoms with E-state index in [1.807, 2.05) is 19.1 Å². The molecule has 160 valence electrons. The molecule has 0 fully saturated rings. The van der Waals surface area contributed by atoms with E-state index in [2.05, 4.69) is 10.4 Å². The van der Waals surface area contributed by atoms with Gasteiger partial charge in [-0.05, 0) is 38.1 Å². The molecule has 0 bridgehead atoms. The molecule has 0 spiro atoms. The number of ether oxygens (including phenoxy) is 2. The SMILES string of the molecule is CCOC(=O)c1nn(-c2ccc([N+](=O)[O-])cc2)cc1OCC(=O)Nc1ccc(C)cc1. The number of nitrogens with one attached hydrogen (secondary N) is 1. The van der Waals surface area contributed by atoms with Gasteiger partial charge in [0.05, 0.1) is 23.4 Å². The highest BCUT2D eigenvalue weighted by molar-refractivity contribution is 5.93. The van der Waals surface area contributed by atoms with Crippen molar-refractivity contribution in [2.75, 3.05) is 18.5 Å². The maximum Gasteiger partial charge on any atom is 0.362 e. The summed E-state index contributed by atoms with van der Waals surface area (Å²) in [7, 11) is 0. The number of nitro benzene ring substituents is 1. The number of nitrogens with zero attached hydrogens (tertiary/aromatic N) is 3. The molecule has 0 atom stereocenters. The number of hydrogen-bond donors (Lipinski definition) is 1. The third-order valence-electron chi connectivity index (χ3n) is 4.17. The minimum atomic E-state index is -0.711. The van der Waals surface area contributed by atoms with E-state index in [9.17, 15) is 19.7 Å². The Morgan fingerprint density at radius 1 is 1.13 bits per heavy atom. The number of nitro groups is 1. The van der Waals surface area contributed by atoms with Gasteiger partial charge in [0, 0.05) is 17.8 Å². The summed E-state index contributed by atoms with van der Waals surface area (Å²) in [6.45, 7) is 3.37. The molecule has 0 unspecified atom stereocenters. The molecule has 1 N–H and O–H groups in total. The van der Waals surface area contributed by atoms with E-state index in [1.54, 1.807) is 19.1 Å². The molecular weight excluding hydrogens is 404 g/mol. The fourth-order valence-corrected chi connectivity index (χ4v) is 2.64. The molecule has 0 aliphatic rings. The number of carbonyl (C=O) groups is 2. The summed E-state index contributed by atoms with van der Waals surface area (Å²) in [6, 6.07) is 12.9. The van der Waals surface area contributed by atoms with Crippen LogP contribution in [0.25, 0.3) is 5.69 Å². The van der Waals surface area contributed by atoms with Crippen LogP contribution >= 0.6 is 0 Å². The maximum atomic E-state index is 12.3. The van der Waals surface area contributed by atoms with Gasteiger partial charge in [-0.1, -0.05) is 17.7 Å². The quantitative estimate of drug-likeness (QED) is 0.334. The summed E-state index contributed by atoms with van der Waals surface area (Å²) in [6.07, 6.45) is 1.41. The average Bonchev–Trinajstić information content (AvgIpc) is 3.18. The monoisotopic (exact) mass is 424 g/mol. The summed E-state index contributed by atoms with van der Waals surface area (Å²) >= 11 is 0. The average molecular weight is 424 g/mol. The zero-order valence-electron chi connectivity index (χ0n) is 16.9. The third-order valence-corrected chi connectivity index (χ3v) is 4.17. The predicted octanol–water partition coefficient (Wildman–Crippen LogP) is 3.28. The van der Waals surface area contributed by atoms with Crippen molar-refractivity contribution in [3.63, 3.8) is 0 Å². The van der Waals surface area contributed by atoms with Gasteiger partial charge >= 0.3 is 5.97 Å². The van der Waals surface area contributed by atoms with E-state index in [4.69, 9.17) is 9.47 Å². The van der Waals surface area contributed by atoms with Crippen LogP contribution < -0.4 is 10.1 Å². The van der Waals surface area contributed by atoms with Crippen LogP contribution in [0.5, 0.6) is 5.75 Å². The maximum absolute atomic E-state index is 12.3. The second-order valence-electron chi connectivity index (χ2n) is 6.48. The molecule has 0 saturated heterocycles. The van der Waals surface area contributed by atoms with Gasteiger partial charge in [-0.2, -0.15) is 5.10 Å². The smallest absolute Gasteiger partial charge is 0.362 e. The van der Waals surface area contributed by atoms with Crippen molar-refractivity contribution < 1.29 is 24.0 Å². The minimum absolute atomic E-state index is 0.0517. The van der Waals surface area contributed by atoms with E-state index < -0.39 is 16.8 Å². The molecule has 0 aliphatic carbocycles. The highest BCUT2D eigenvalue weighted by Crippen LogP contribution is 2.22. The summed E-state index contributed by atoms with van der Waals surface area (Å²) < 4.78 is 11.8.